The number of carboxylic acids is 1. The van der Waals surface area contributed by atoms with E-state index < -0.39 is 12.0 Å². The molecule has 4 nitrogen and oxygen atoms in total. The van der Waals surface area contributed by atoms with Crippen LogP contribution in [0.5, 0.6) is 0 Å². The van der Waals surface area contributed by atoms with Gasteiger partial charge in [-0.15, -0.1) is 0 Å². The maximum atomic E-state index is 10.4. The van der Waals surface area contributed by atoms with E-state index in [1.54, 1.807) is 11.8 Å². The molecule has 70 valence electrons. The quantitative estimate of drug-likeness (QED) is 0.389. The van der Waals surface area contributed by atoms with Gasteiger partial charge >= 0.3 is 43.7 Å². The Balaban J connectivity index is 0. The summed E-state index contributed by atoms with van der Waals surface area (Å²) in [5, 5.41) is 19.4. The Morgan fingerprint density at radius 2 is 2.25 bits per heavy atom. The van der Waals surface area contributed by atoms with Crippen LogP contribution in [0.3, 0.4) is 0 Å². The molecule has 0 fully saturated rings. The van der Waals surface area contributed by atoms with E-state index in [0.29, 0.717) is 6.42 Å². The SMILES string of the molecule is CSCCC(NCO)C(=O)O.[CaH2]. The van der Waals surface area contributed by atoms with Crippen molar-refractivity contribution in [3.63, 3.8) is 0 Å². The Kier molecular flexibility index (Phi) is 13.0. The van der Waals surface area contributed by atoms with Gasteiger partial charge in [0.15, 0.2) is 0 Å². The Morgan fingerprint density at radius 3 is 2.58 bits per heavy atom. The van der Waals surface area contributed by atoms with Crippen LogP contribution >= 0.6 is 11.8 Å². The molecule has 0 amide bonds. The van der Waals surface area contributed by atoms with Gasteiger partial charge in [-0.1, -0.05) is 0 Å². The molecule has 0 aliphatic heterocycles. The van der Waals surface area contributed by atoms with E-state index >= 15 is 0 Å². The fraction of sp³-hybridized carbons (Fsp3) is 0.833. The first-order chi connectivity index (χ1) is 5.22. The third-order valence-corrected chi connectivity index (χ3v) is 1.89. The number of carboxylic acid groups (broad SMARTS) is 1. The first-order valence-corrected chi connectivity index (χ1v) is 4.67. The molecule has 3 N–H and O–H groups in total. The van der Waals surface area contributed by atoms with Crippen LogP contribution in [0.1, 0.15) is 6.42 Å². The molecule has 12 heavy (non-hydrogen) atoms. The molecule has 0 aromatic carbocycles. The van der Waals surface area contributed by atoms with Gasteiger partial charge < -0.3 is 10.2 Å². The van der Waals surface area contributed by atoms with Gasteiger partial charge in [0.25, 0.3) is 0 Å². The van der Waals surface area contributed by atoms with Crippen LogP contribution < -0.4 is 5.32 Å². The van der Waals surface area contributed by atoms with Crippen LogP contribution in [0.2, 0.25) is 0 Å². The van der Waals surface area contributed by atoms with Gasteiger partial charge in [-0.2, -0.15) is 11.8 Å². The molecule has 0 bridgehead atoms. The van der Waals surface area contributed by atoms with E-state index in [-0.39, 0.29) is 44.5 Å². The molecule has 0 heterocycles. The fourth-order valence-corrected chi connectivity index (χ4v) is 1.13. The molecule has 0 saturated heterocycles. The molecule has 0 aromatic heterocycles. The summed E-state index contributed by atoms with van der Waals surface area (Å²) < 4.78 is 0. The molecular weight excluding hydrogens is 206 g/mol. The molecular formula is C6H15CaNO3S. The molecule has 0 rings (SSSR count). The van der Waals surface area contributed by atoms with E-state index in [9.17, 15) is 4.79 Å². The minimum absolute atomic E-state index is 0. The summed E-state index contributed by atoms with van der Waals surface area (Å²) in [4.78, 5) is 10.4. The molecule has 0 aliphatic carbocycles. The molecule has 0 spiro atoms. The van der Waals surface area contributed by atoms with Gasteiger partial charge in [0.1, 0.15) is 6.04 Å². The van der Waals surface area contributed by atoms with Gasteiger partial charge in [0.05, 0.1) is 6.73 Å². The molecule has 0 saturated carbocycles. The van der Waals surface area contributed by atoms with Crippen LogP contribution in [0, 0.1) is 0 Å². The van der Waals surface area contributed by atoms with Gasteiger partial charge in [-0.05, 0) is 18.4 Å². The Hall–Kier alpha value is 1.000. The fourth-order valence-electron chi connectivity index (χ4n) is 0.659. The van der Waals surface area contributed by atoms with Crippen LogP contribution in [0.4, 0.5) is 0 Å². The van der Waals surface area contributed by atoms with Crippen molar-refractivity contribution in [1.29, 1.82) is 0 Å². The monoisotopic (exact) mass is 221 g/mol. The van der Waals surface area contributed by atoms with E-state index in [2.05, 4.69) is 5.32 Å². The van der Waals surface area contributed by atoms with Crippen LogP contribution in [-0.2, 0) is 4.79 Å². The third kappa shape index (κ3) is 7.64. The van der Waals surface area contributed by atoms with E-state index in [1.165, 1.54) is 0 Å². The Bertz CT molecular complexity index is 125. The zero-order chi connectivity index (χ0) is 8.69. The molecule has 6 heteroatoms. The summed E-state index contributed by atoms with van der Waals surface area (Å²) in [6, 6.07) is -0.618. The maximum absolute atomic E-state index is 10.4. The number of hydrogen-bond acceptors (Lipinski definition) is 4. The van der Waals surface area contributed by atoms with Gasteiger partial charge in [-0.3, -0.25) is 10.1 Å². The van der Waals surface area contributed by atoms with E-state index in [1.807, 2.05) is 6.26 Å². The van der Waals surface area contributed by atoms with Gasteiger partial charge in [-0.25, -0.2) is 0 Å². The zero-order valence-electron chi connectivity index (χ0n) is 6.41. The Morgan fingerprint density at radius 1 is 1.67 bits per heavy atom. The van der Waals surface area contributed by atoms with Crippen molar-refractivity contribution in [2.24, 2.45) is 0 Å². The number of aliphatic hydroxyl groups is 1. The summed E-state index contributed by atoms with van der Waals surface area (Å²) in [5.74, 6) is -0.127. The first kappa shape index (κ1) is 15.5. The standard InChI is InChI=1S/C6H13NO3S.Ca.2H/c1-11-3-2-5(6(9)10)7-4-8;;;/h5,7-8H,2-4H2,1H3,(H,9,10);;;. The number of rotatable bonds is 6. The van der Waals surface area contributed by atoms with Crippen molar-refractivity contribution in [2.45, 2.75) is 12.5 Å². The van der Waals surface area contributed by atoms with Crippen LogP contribution in [-0.4, -0.2) is 78.7 Å². The average molecular weight is 221 g/mol. The zero-order valence-corrected chi connectivity index (χ0v) is 7.23. The number of thioether (sulfide) groups is 1. The minimum atomic E-state index is -0.909. The van der Waals surface area contributed by atoms with Crippen molar-refractivity contribution in [3.05, 3.63) is 0 Å². The average Bonchev–Trinajstić information content (AvgIpc) is 1.97. The van der Waals surface area contributed by atoms with Crippen molar-refractivity contribution in [1.82, 2.24) is 5.32 Å². The molecule has 1 unspecified atom stereocenters. The molecule has 0 radical (unpaired) electrons. The second-order valence-electron chi connectivity index (χ2n) is 2.03. The predicted octanol–water partition coefficient (Wildman–Crippen LogP) is -1.18. The van der Waals surface area contributed by atoms with E-state index in [4.69, 9.17) is 10.2 Å². The topological polar surface area (TPSA) is 69.6 Å². The van der Waals surface area contributed by atoms with Crippen molar-refractivity contribution < 1.29 is 15.0 Å². The number of carbonyl (C=O) groups is 1. The second kappa shape index (κ2) is 10.1. The Labute approximate surface area is 106 Å². The van der Waals surface area contributed by atoms with Crippen molar-refractivity contribution in [2.75, 3.05) is 18.7 Å². The van der Waals surface area contributed by atoms with Crippen LogP contribution in [0.15, 0.2) is 0 Å². The van der Waals surface area contributed by atoms with Gasteiger partial charge in [0, 0.05) is 0 Å². The summed E-state index contributed by atoms with van der Waals surface area (Å²) in [6.07, 6.45) is 2.45. The normalized spacial score (nSPS) is 11.8. The van der Waals surface area contributed by atoms with Crippen LogP contribution in [0.25, 0.3) is 0 Å². The predicted molar refractivity (Wildman–Crippen MR) is 53.2 cm³/mol. The first-order valence-electron chi connectivity index (χ1n) is 3.28. The van der Waals surface area contributed by atoms with E-state index in [0.717, 1.165) is 5.75 Å². The summed E-state index contributed by atoms with van der Waals surface area (Å²) in [6.45, 7) is -0.286. The summed E-state index contributed by atoms with van der Waals surface area (Å²) in [7, 11) is 0. The summed E-state index contributed by atoms with van der Waals surface area (Å²) >= 11 is 1.59. The second-order valence-corrected chi connectivity index (χ2v) is 3.02. The van der Waals surface area contributed by atoms with Crippen molar-refractivity contribution in [3.8, 4) is 0 Å². The number of nitrogens with one attached hydrogen (secondary N) is 1. The van der Waals surface area contributed by atoms with Gasteiger partial charge in [0.2, 0.25) is 0 Å². The number of aliphatic carboxylic acids is 1. The molecule has 1 atom stereocenters. The van der Waals surface area contributed by atoms with Crippen molar-refractivity contribution >= 4 is 55.5 Å². The summed E-state index contributed by atoms with van der Waals surface area (Å²) in [5.41, 5.74) is 0. The molecule has 0 aliphatic rings. The number of hydrogen-bond donors (Lipinski definition) is 3. The third-order valence-electron chi connectivity index (χ3n) is 1.25. The molecule has 0 aromatic rings. The number of aliphatic hydroxyl groups excluding tert-OH is 1.